The number of methoxy groups -OCH3 is 1. The van der Waals surface area contributed by atoms with Gasteiger partial charge in [-0.05, 0) is 43.2 Å². The van der Waals surface area contributed by atoms with Crippen molar-refractivity contribution in [3.8, 4) is 0 Å². The van der Waals surface area contributed by atoms with Crippen molar-refractivity contribution in [1.82, 2.24) is 5.48 Å². The molecule has 0 bridgehead atoms. The molecule has 0 amide bonds. The number of hydroxylamine groups is 1. The van der Waals surface area contributed by atoms with Crippen LogP contribution in [0, 0.1) is 24.0 Å². The van der Waals surface area contributed by atoms with Gasteiger partial charge in [-0.15, -0.1) is 0 Å². The molecule has 29 heavy (non-hydrogen) atoms. The maximum atomic E-state index is 11.7. The number of benzene rings is 2. The first kappa shape index (κ1) is 18.6. The second-order valence-corrected chi connectivity index (χ2v) is 6.62. The van der Waals surface area contributed by atoms with Gasteiger partial charge in [0.05, 0.1) is 23.2 Å². The maximum absolute atomic E-state index is 11.7. The number of nitro groups is 1. The molecule has 148 valence electrons. The van der Waals surface area contributed by atoms with Crippen molar-refractivity contribution in [2.24, 2.45) is 4.99 Å². The summed E-state index contributed by atoms with van der Waals surface area (Å²) >= 11 is 0. The highest BCUT2D eigenvalue weighted by atomic mass is 16.7. The Morgan fingerprint density at radius 2 is 1.97 bits per heavy atom. The molecule has 1 unspecified atom stereocenters. The third kappa shape index (κ3) is 3.21. The predicted molar refractivity (Wildman–Crippen MR) is 104 cm³/mol. The molecule has 9 nitrogen and oxygen atoms in total. The lowest BCUT2D eigenvalue weighted by atomic mass is 10.1. The monoisotopic (exact) mass is 395 g/mol. The van der Waals surface area contributed by atoms with Crippen LogP contribution in [0.1, 0.15) is 39.0 Å². The molecule has 2 heterocycles. The molecule has 0 saturated carbocycles. The molecule has 0 fully saturated rings. The van der Waals surface area contributed by atoms with Gasteiger partial charge in [-0.25, -0.2) is 20.1 Å². The van der Waals surface area contributed by atoms with Crippen molar-refractivity contribution in [1.29, 1.82) is 0 Å². The molecule has 1 aliphatic rings. The minimum absolute atomic E-state index is 0.0715. The average molecular weight is 395 g/mol. The number of carbonyl (C=O) groups is 1. The zero-order valence-corrected chi connectivity index (χ0v) is 15.9. The van der Waals surface area contributed by atoms with Crippen molar-refractivity contribution in [3.05, 3.63) is 74.5 Å². The first-order chi connectivity index (χ1) is 13.9. The number of carbonyl (C=O) groups excluding carboxylic acids is 1. The van der Waals surface area contributed by atoms with Gasteiger partial charge in [0.25, 0.3) is 5.69 Å². The Labute approximate surface area is 165 Å². The van der Waals surface area contributed by atoms with Crippen LogP contribution in [-0.4, -0.2) is 23.8 Å². The van der Waals surface area contributed by atoms with Gasteiger partial charge >= 0.3 is 5.97 Å². The standard InChI is InChI=1S/C20H17N3O6/c1-10-4-5-11(2)17-14(10)9-16(28-17)19-21-18(22-29-19)13-7-6-12(20(24)27-3)8-15(13)23(25)26/h4-9,19H,1-3H3,(H,21,22). The number of furan rings is 1. The summed E-state index contributed by atoms with van der Waals surface area (Å²) in [6, 6.07) is 9.83. The lowest BCUT2D eigenvalue weighted by Gasteiger charge is -2.05. The maximum Gasteiger partial charge on any atom is 0.338 e. The molecular formula is C20H17N3O6. The molecule has 1 atom stereocenters. The van der Waals surface area contributed by atoms with Crippen LogP contribution in [0.5, 0.6) is 0 Å². The predicted octanol–water partition coefficient (Wildman–Crippen LogP) is 3.72. The van der Waals surface area contributed by atoms with E-state index in [4.69, 9.17) is 9.25 Å². The summed E-state index contributed by atoms with van der Waals surface area (Å²) in [5.41, 5.74) is 5.39. The highest BCUT2D eigenvalue weighted by molar-refractivity contribution is 6.03. The zero-order valence-electron chi connectivity index (χ0n) is 15.9. The van der Waals surface area contributed by atoms with E-state index in [9.17, 15) is 14.9 Å². The van der Waals surface area contributed by atoms with Crippen LogP contribution in [0.15, 0.2) is 45.8 Å². The Kier molecular flexibility index (Phi) is 4.51. The summed E-state index contributed by atoms with van der Waals surface area (Å²) in [4.78, 5) is 32.5. The van der Waals surface area contributed by atoms with Gasteiger partial charge in [0, 0.05) is 11.5 Å². The number of nitro benzene ring substituents is 1. The van der Waals surface area contributed by atoms with E-state index < -0.39 is 17.1 Å². The van der Waals surface area contributed by atoms with Crippen molar-refractivity contribution in [2.45, 2.75) is 20.1 Å². The van der Waals surface area contributed by atoms with Gasteiger partial charge in [0.1, 0.15) is 5.58 Å². The van der Waals surface area contributed by atoms with Gasteiger partial charge in [-0.1, -0.05) is 12.1 Å². The summed E-state index contributed by atoms with van der Waals surface area (Å²) < 4.78 is 10.5. The number of nitrogens with one attached hydrogen (secondary N) is 1. The van der Waals surface area contributed by atoms with Gasteiger partial charge < -0.3 is 9.15 Å². The molecule has 0 aliphatic carbocycles. The van der Waals surface area contributed by atoms with Crippen molar-refractivity contribution >= 4 is 28.5 Å². The van der Waals surface area contributed by atoms with Gasteiger partial charge in [0.2, 0.25) is 6.23 Å². The van der Waals surface area contributed by atoms with E-state index in [0.717, 1.165) is 28.2 Å². The molecule has 3 aromatic rings. The molecule has 4 rings (SSSR count). The number of nitrogens with zero attached hydrogens (tertiary/aromatic N) is 2. The number of ether oxygens (including phenoxy) is 1. The van der Waals surface area contributed by atoms with Crippen molar-refractivity contribution < 1.29 is 23.7 Å². The van der Waals surface area contributed by atoms with Crippen LogP contribution in [0.3, 0.4) is 0 Å². The summed E-state index contributed by atoms with van der Waals surface area (Å²) in [6.07, 6.45) is -0.795. The van der Waals surface area contributed by atoms with E-state index >= 15 is 0 Å². The van der Waals surface area contributed by atoms with Gasteiger partial charge in [0.15, 0.2) is 11.6 Å². The number of hydrogen-bond acceptors (Lipinski definition) is 8. The highest BCUT2D eigenvalue weighted by Gasteiger charge is 2.29. The fraction of sp³-hybridized carbons (Fsp3) is 0.200. The number of esters is 1. The topological polar surface area (TPSA) is 116 Å². The number of amidine groups is 1. The minimum Gasteiger partial charge on any atom is -0.465 e. The van der Waals surface area contributed by atoms with Crippen LogP contribution >= 0.6 is 0 Å². The molecule has 9 heteroatoms. The summed E-state index contributed by atoms with van der Waals surface area (Å²) in [7, 11) is 1.21. The third-order valence-electron chi connectivity index (χ3n) is 4.75. The van der Waals surface area contributed by atoms with E-state index in [2.05, 4.69) is 15.2 Å². The SMILES string of the molecule is COC(=O)c1ccc(C2=NC(c3cc4c(C)ccc(C)c4o3)ON2)c([N+](=O)[O-])c1. The van der Waals surface area contributed by atoms with Gasteiger partial charge in [-0.2, -0.15) is 0 Å². The van der Waals surface area contributed by atoms with E-state index in [1.807, 2.05) is 32.0 Å². The van der Waals surface area contributed by atoms with Crippen molar-refractivity contribution in [2.75, 3.05) is 7.11 Å². The number of hydrogen-bond donors (Lipinski definition) is 1. The summed E-state index contributed by atoms with van der Waals surface area (Å²) in [6.45, 7) is 3.93. The zero-order chi connectivity index (χ0) is 20.7. The Morgan fingerprint density at radius 3 is 2.66 bits per heavy atom. The van der Waals surface area contributed by atoms with E-state index in [-0.39, 0.29) is 22.6 Å². The molecule has 0 spiro atoms. The molecule has 0 radical (unpaired) electrons. The number of aliphatic imine (C=N–C) groups is 1. The van der Waals surface area contributed by atoms with Crippen LogP contribution in [0.2, 0.25) is 0 Å². The second kappa shape index (κ2) is 7.02. The van der Waals surface area contributed by atoms with Crippen LogP contribution < -0.4 is 5.48 Å². The molecule has 1 N–H and O–H groups in total. The number of aryl methyl sites for hydroxylation is 2. The Morgan fingerprint density at radius 1 is 1.21 bits per heavy atom. The molecule has 2 aromatic carbocycles. The van der Waals surface area contributed by atoms with Crippen LogP contribution in [-0.2, 0) is 9.57 Å². The largest absolute Gasteiger partial charge is 0.465 e. The first-order valence-electron chi connectivity index (χ1n) is 8.75. The van der Waals surface area contributed by atoms with Crippen LogP contribution in [0.4, 0.5) is 5.69 Å². The normalized spacial score (nSPS) is 15.8. The third-order valence-corrected chi connectivity index (χ3v) is 4.75. The second-order valence-electron chi connectivity index (χ2n) is 6.62. The van der Waals surface area contributed by atoms with Crippen molar-refractivity contribution in [3.63, 3.8) is 0 Å². The quantitative estimate of drug-likeness (QED) is 0.406. The first-order valence-corrected chi connectivity index (χ1v) is 8.75. The Hall–Kier alpha value is -3.72. The smallest absolute Gasteiger partial charge is 0.338 e. The minimum atomic E-state index is -0.795. The van der Waals surface area contributed by atoms with E-state index in [1.54, 1.807) is 0 Å². The fourth-order valence-electron chi connectivity index (χ4n) is 3.19. The number of fused-ring (bicyclic) bond motifs is 1. The lowest BCUT2D eigenvalue weighted by Crippen LogP contribution is -2.19. The van der Waals surface area contributed by atoms with Gasteiger partial charge in [-0.3, -0.25) is 10.1 Å². The lowest BCUT2D eigenvalue weighted by molar-refractivity contribution is -0.385. The summed E-state index contributed by atoms with van der Waals surface area (Å²) in [5.74, 6) is -0.0103. The molecule has 1 aliphatic heterocycles. The van der Waals surface area contributed by atoms with E-state index in [1.165, 1.54) is 19.2 Å². The average Bonchev–Trinajstić information content (AvgIpc) is 3.37. The summed E-state index contributed by atoms with van der Waals surface area (Å²) in [5, 5.41) is 12.5. The Balaban J connectivity index is 1.72. The van der Waals surface area contributed by atoms with Crippen LogP contribution in [0.25, 0.3) is 11.0 Å². The fourth-order valence-corrected chi connectivity index (χ4v) is 3.19. The highest BCUT2D eigenvalue weighted by Crippen LogP contribution is 2.33. The molecule has 1 aromatic heterocycles. The van der Waals surface area contributed by atoms with E-state index in [0.29, 0.717) is 5.76 Å². The number of rotatable bonds is 4. The Bertz CT molecular complexity index is 1140. The molecular weight excluding hydrogens is 378 g/mol. The molecule has 0 saturated heterocycles.